The molecule has 1 aromatic rings. The van der Waals surface area contributed by atoms with Crippen LogP contribution in [-0.4, -0.2) is 18.8 Å². The molecule has 0 bridgehead atoms. The zero-order valence-electron chi connectivity index (χ0n) is 9.88. The van der Waals surface area contributed by atoms with Gasteiger partial charge >= 0.3 is 0 Å². The van der Waals surface area contributed by atoms with Crippen LogP contribution in [0.15, 0.2) is 18.2 Å². The van der Waals surface area contributed by atoms with Crippen molar-refractivity contribution in [3.05, 3.63) is 34.6 Å². The molecule has 4 heteroatoms. The minimum Gasteiger partial charge on any atom is -0.378 e. The predicted octanol–water partition coefficient (Wildman–Crippen LogP) is 3.14. The van der Waals surface area contributed by atoms with Gasteiger partial charge in [-0.3, -0.25) is 0 Å². The normalized spacial score (nSPS) is 24.9. The van der Waals surface area contributed by atoms with Crippen molar-refractivity contribution in [2.75, 3.05) is 6.61 Å². The molecule has 2 nitrogen and oxygen atoms in total. The highest BCUT2D eigenvalue weighted by Crippen LogP contribution is 2.16. The van der Waals surface area contributed by atoms with Gasteiger partial charge < -0.3 is 10.1 Å². The molecule has 0 aliphatic carbocycles. The Morgan fingerprint density at radius 2 is 2.29 bits per heavy atom. The van der Waals surface area contributed by atoms with Crippen LogP contribution in [0.3, 0.4) is 0 Å². The Kier molecular flexibility index (Phi) is 4.37. The van der Waals surface area contributed by atoms with E-state index in [9.17, 15) is 4.39 Å². The molecular formula is C13H17ClFNO. The molecule has 1 fully saturated rings. The van der Waals surface area contributed by atoms with E-state index < -0.39 is 0 Å². The third-order valence-electron chi connectivity index (χ3n) is 3.00. The summed E-state index contributed by atoms with van der Waals surface area (Å²) in [5.74, 6) is -0.283. The maximum absolute atomic E-state index is 13.1. The van der Waals surface area contributed by atoms with Gasteiger partial charge in [-0.2, -0.15) is 0 Å². The molecule has 1 N–H and O–H groups in total. The summed E-state index contributed by atoms with van der Waals surface area (Å²) in [5, 5.41) is 3.86. The number of halogens is 2. The molecule has 0 saturated carbocycles. The summed E-state index contributed by atoms with van der Waals surface area (Å²) in [6.45, 7) is 3.52. The summed E-state index contributed by atoms with van der Waals surface area (Å²) in [6.07, 6.45) is 2.31. The standard InChI is InChI=1S/C13H17ClFNO/c1-9-4-13(2-3-17-9)16-8-10-5-11(14)7-12(15)6-10/h5-7,9,13,16H,2-4,8H2,1H3. The average molecular weight is 258 g/mol. The Hall–Kier alpha value is -0.640. The fraction of sp³-hybridized carbons (Fsp3) is 0.538. The summed E-state index contributed by atoms with van der Waals surface area (Å²) in [4.78, 5) is 0. The number of hydrogen-bond donors (Lipinski definition) is 1. The first kappa shape index (κ1) is 12.8. The van der Waals surface area contributed by atoms with Gasteiger partial charge in [-0.1, -0.05) is 11.6 Å². The molecule has 1 aliphatic heterocycles. The number of hydrogen-bond acceptors (Lipinski definition) is 2. The average Bonchev–Trinajstić information content (AvgIpc) is 2.25. The van der Waals surface area contributed by atoms with Gasteiger partial charge in [0.05, 0.1) is 6.10 Å². The van der Waals surface area contributed by atoms with Gasteiger partial charge in [0, 0.05) is 24.2 Å². The van der Waals surface area contributed by atoms with E-state index in [1.165, 1.54) is 12.1 Å². The number of nitrogens with one attached hydrogen (secondary N) is 1. The zero-order chi connectivity index (χ0) is 12.3. The van der Waals surface area contributed by atoms with E-state index in [-0.39, 0.29) is 5.82 Å². The van der Waals surface area contributed by atoms with Crippen molar-refractivity contribution in [3.63, 3.8) is 0 Å². The molecule has 2 rings (SSSR count). The third-order valence-corrected chi connectivity index (χ3v) is 3.22. The minimum atomic E-state index is -0.283. The van der Waals surface area contributed by atoms with Gasteiger partial charge in [-0.15, -0.1) is 0 Å². The van der Waals surface area contributed by atoms with Crippen molar-refractivity contribution in [1.29, 1.82) is 0 Å². The van der Waals surface area contributed by atoms with Crippen LogP contribution < -0.4 is 5.32 Å². The molecule has 0 radical (unpaired) electrons. The summed E-state index contributed by atoms with van der Waals surface area (Å²) >= 11 is 5.81. The topological polar surface area (TPSA) is 21.3 Å². The first-order chi connectivity index (χ1) is 8.13. The molecule has 2 unspecified atom stereocenters. The van der Waals surface area contributed by atoms with E-state index in [1.54, 1.807) is 6.07 Å². The van der Waals surface area contributed by atoms with Crippen LogP contribution in [0.5, 0.6) is 0 Å². The largest absolute Gasteiger partial charge is 0.378 e. The Morgan fingerprint density at radius 1 is 1.47 bits per heavy atom. The Bertz CT molecular complexity index is 365. The maximum atomic E-state index is 13.1. The lowest BCUT2D eigenvalue weighted by Gasteiger charge is -2.28. The van der Waals surface area contributed by atoms with E-state index in [0.717, 1.165) is 25.0 Å². The van der Waals surface area contributed by atoms with Crippen molar-refractivity contribution >= 4 is 11.6 Å². The van der Waals surface area contributed by atoms with Crippen LogP contribution in [0.1, 0.15) is 25.3 Å². The highest BCUT2D eigenvalue weighted by atomic mass is 35.5. The number of rotatable bonds is 3. The Morgan fingerprint density at radius 3 is 3.00 bits per heavy atom. The van der Waals surface area contributed by atoms with E-state index in [1.807, 2.05) is 0 Å². The van der Waals surface area contributed by atoms with E-state index >= 15 is 0 Å². The lowest BCUT2D eigenvalue weighted by Crippen LogP contribution is -2.37. The first-order valence-corrected chi connectivity index (χ1v) is 6.31. The monoisotopic (exact) mass is 257 g/mol. The second kappa shape index (κ2) is 5.80. The van der Waals surface area contributed by atoms with Crippen LogP contribution in [0.25, 0.3) is 0 Å². The van der Waals surface area contributed by atoms with Crippen molar-refractivity contribution < 1.29 is 9.13 Å². The van der Waals surface area contributed by atoms with E-state index in [0.29, 0.717) is 23.7 Å². The van der Waals surface area contributed by atoms with Crippen molar-refractivity contribution in [1.82, 2.24) is 5.32 Å². The van der Waals surface area contributed by atoms with Gasteiger partial charge in [-0.25, -0.2) is 4.39 Å². The number of benzene rings is 1. The molecule has 1 saturated heterocycles. The fourth-order valence-corrected chi connectivity index (χ4v) is 2.40. The lowest BCUT2D eigenvalue weighted by molar-refractivity contribution is 0.0130. The molecular weight excluding hydrogens is 241 g/mol. The molecule has 1 aromatic carbocycles. The summed E-state index contributed by atoms with van der Waals surface area (Å²) < 4.78 is 18.6. The van der Waals surface area contributed by atoms with Crippen molar-refractivity contribution in [2.24, 2.45) is 0 Å². The summed E-state index contributed by atoms with van der Waals surface area (Å²) in [7, 11) is 0. The molecule has 0 amide bonds. The van der Waals surface area contributed by atoms with Gasteiger partial charge in [0.1, 0.15) is 5.82 Å². The van der Waals surface area contributed by atoms with Gasteiger partial charge in [0.25, 0.3) is 0 Å². The fourth-order valence-electron chi connectivity index (χ4n) is 2.16. The van der Waals surface area contributed by atoms with Crippen molar-refractivity contribution in [2.45, 2.75) is 38.5 Å². The Labute approximate surface area is 106 Å². The lowest BCUT2D eigenvalue weighted by atomic mass is 10.0. The van der Waals surface area contributed by atoms with Crippen molar-refractivity contribution in [3.8, 4) is 0 Å². The van der Waals surface area contributed by atoms with E-state index in [4.69, 9.17) is 16.3 Å². The Balaban J connectivity index is 1.88. The second-order valence-electron chi connectivity index (χ2n) is 4.56. The molecule has 1 heterocycles. The van der Waals surface area contributed by atoms with Gasteiger partial charge in [-0.05, 0) is 43.5 Å². The third kappa shape index (κ3) is 3.95. The molecule has 1 aliphatic rings. The number of ether oxygens (including phenoxy) is 1. The summed E-state index contributed by atoms with van der Waals surface area (Å²) in [5.41, 5.74) is 0.883. The minimum absolute atomic E-state index is 0.283. The molecule has 2 atom stereocenters. The van der Waals surface area contributed by atoms with Gasteiger partial charge in [0.15, 0.2) is 0 Å². The van der Waals surface area contributed by atoms with Gasteiger partial charge in [0.2, 0.25) is 0 Å². The molecule has 17 heavy (non-hydrogen) atoms. The van der Waals surface area contributed by atoms with Crippen LogP contribution in [0.4, 0.5) is 4.39 Å². The van der Waals surface area contributed by atoms with Crippen LogP contribution in [0, 0.1) is 5.82 Å². The highest BCUT2D eigenvalue weighted by Gasteiger charge is 2.18. The molecule has 0 aromatic heterocycles. The molecule has 0 spiro atoms. The summed E-state index contributed by atoms with van der Waals surface area (Å²) in [6, 6.07) is 5.07. The van der Waals surface area contributed by atoms with Crippen LogP contribution in [-0.2, 0) is 11.3 Å². The first-order valence-electron chi connectivity index (χ1n) is 5.93. The van der Waals surface area contributed by atoms with Crippen LogP contribution >= 0.6 is 11.6 Å². The van der Waals surface area contributed by atoms with E-state index in [2.05, 4.69) is 12.2 Å². The second-order valence-corrected chi connectivity index (χ2v) is 5.00. The SMILES string of the molecule is CC1CC(NCc2cc(F)cc(Cl)c2)CCO1. The molecule has 94 valence electrons. The zero-order valence-corrected chi connectivity index (χ0v) is 10.6. The maximum Gasteiger partial charge on any atom is 0.125 e. The highest BCUT2D eigenvalue weighted by molar-refractivity contribution is 6.30. The quantitative estimate of drug-likeness (QED) is 0.898. The van der Waals surface area contributed by atoms with Crippen LogP contribution in [0.2, 0.25) is 5.02 Å². The predicted molar refractivity (Wildman–Crippen MR) is 66.7 cm³/mol. The smallest absolute Gasteiger partial charge is 0.125 e.